The first-order chi connectivity index (χ1) is 18.0. The zero-order valence-corrected chi connectivity index (χ0v) is 21.3. The number of unbranched alkanes of at least 4 members (excludes halogenated alkanes) is 2. The largest absolute Gasteiger partial charge is 0.507 e. The molecule has 1 fully saturated rings. The lowest BCUT2D eigenvalue weighted by Crippen LogP contribution is -2.29. The highest BCUT2D eigenvalue weighted by atomic mass is 16.5. The molecular weight excluding hydrogens is 470 g/mol. The lowest BCUT2D eigenvalue weighted by atomic mass is 9.95. The number of aliphatic hydroxyl groups is 1. The third kappa shape index (κ3) is 6.05. The summed E-state index contributed by atoms with van der Waals surface area (Å²) >= 11 is 0. The summed E-state index contributed by atoms with van der Waals surface area (Å²) in [5, 5.41) is 11.3. The summed E-state index contributed by atoms with van der Waals surface area (Å²) in [5.41, 5.74) is 1.16. The molecule has 37 heavy (non-hydrogen) atoms. The summed E-state index contributed by atoms with van der Waals surface area (Å²) in [5.74, 6) is 0.275. The van der Waals surface area contributed by atoms with Crippen LogP contribution in [0.5, 0.6) is 11.5 Å². The van der Waals surface area contributed by atoms with Crippen molar-refractivity contribution in [3.63, 3.8) is 0 Å². The third-order valence-corrected chi connectivity index (χ3v) is 6.30. The summed E-state index contributed by atoms with van der Waals surface area (Å²) in [6.45, 7) is 5.51. The highest BCUT2D eigenvalue weighted by molar-refractivity contribution is 6.46. The van der Waals surface area contributed by atoms with Crippen LogP contribution >= 0.6 is 0 Å². The minimum Gasteiger partial charge on any atom is -0.507 e. The Kier molecular flexibility index (Phi) is 8.67. The van der Waals surface area contributed by atoms with Crippen molar-refractivity contribution in [3.8, 4) is 11.5 Å². The van der Waals surface area contributed by atoms with Gasteiger partial charge in [0, 0.05) is 5.56 Å². The minimum atomic E-state index is -0.782. The van der Waals surface area contributed by atoms with E-state index in [4.69, 9.17) is 13.9 Å². The van der Waals surface area contributed by atoms with Gasteiger partial charge in [0.25, 0.3) is 11.7 Å². The lowest BCUT2D eigenvalue weighted by molar-refractivity contribution is -0.140. The maximum atomic E-state index is 13.2. The number of likely N-dealkylation sites (tertiary alicyclic amines) is 1. The second-order valence-electron chi connectivity index (χ2n) is 9.00. The Labute approximate surface area is 217 Å². The molecule has 0 bridgehead atoms. The summed E-state index contributed by atoms with van der Waals surface area (Å²) < 4.78 is 16.9. The molecule has 1 aliphatic rings. The Balaban J connectivity index is 1.68. The highest BCUT2D eigenvalue weighted by Gasteiger charge is 2.46. The second kappa shape index (κ2) is 12.3. The number of hydrogen-bond acceptors (Lipinski definition) is 6. The Morgan fingerprint density at radius 2 is 1.49 bits per heavy atom. The second-order valence-corrected chi connectivity index (χ2v) is 9.00. The van der Waals surface area contributed by atoms with Crippen molar-refractivity contribution in [1.29, 1.82) is 0 Å². The van der Waals surface area contributed by atoms with Crippen molar-refractivity contribution in [3.05, 3.63) is 89.4 Å². The summed E-state index contributed by atoms with van der Waals surface area (Å²) in [6, 6.07) is 16.9. The lowest BCUT2D eigenvalue weighted by Gasteiger charge is -2.24. The number of rotatable bonds is 12. The van der Waals surface area contributed by atoms with Gasteiger partial charge in [-0.25, -0.2) is 0 Å². The van der Waals surface area contributed by atoms with E-state index in [0.29, 0.717) is 41.6 Å². The van der Waals surface area contributed by atoms with Crippen molar-refractivity contribution < 1.29 is 28.6 Å². The van der Waals surface area contributed by atoms with Gasteiger partial charge in [0.15, 0.2) is 0 Å². The van der Waals surface area contributed by atoms with Crippen LogP contribution in [0, 0.1) is 0 Å². The molecule has 0 saturated carbocycles. The van der Waals surface area contributed by atoms with Gasteiger partial charge in [0.05, 0.1) is 37.6 Å². The summed E-state index contributed by atoms with van der Waals surface area (Å²) in [4.78, 5) is 27.8. The van der Waals surface area contributed by atoms with E-state index in [1.165, 1.54) is 11.2 Å². The number of ether oxygens (including phenoxy) is 2. The molecule has 1 N–H and O–H groups in total. The molecule has 4 rings (SSSR count). The molecule has 1 aliphatic heterocycles. The maximum Gasteiger partial charge on any atom is 0.296 e. The predicted octanol–water partition coefficient (Wildman–Crippen LogP) is 6.26. The van der Waals surface area contributed by atoms with Crippen LogP contribution in [0.1, 0.15) is 62.5 Å². The number of benzene rings is 2. The monoisotopic (exact) mass is 503 g/mol. The van der Waals surface area contributed by atoms with Gasteiger partial charge in [0.1, 0.15) is 23.0 Å². The van der Waals surface area contributed by atoms with Gasteiger partial charge in [-0.05, 0) is 66.9 Å². The van der Waals surface area contributed by atoms with Gasteiger partial charge < -0.3 is 23.9 Å². The molecule has 1 aromatic heterocycles. The van der Waals surface area contributed by atoms with Crippen molar-refractivity contribution >= 4 is 17.4 Å². The van der Waals surface area contributed by atoms with Gasteiger partial charge in [0.2, 0.25) is 0 Å². The highest BCUT2D eigenvalue weighted by Crippen LogP contribution is 2.41. The fourth-order valence-electron chi connectivity index (χ4n) is 4.24. The van der Waals surface area contributed by atoms with Crippen LogP contribution in [0.4, 0.5) is 0 Å². The van der Waals surface area contributed by atoms with Gasteiger partial charge in [-0.1, -0.05) is 38.8 Å². The van der Waals surface area contributed by atoms with E-state index in [-0.39, 0.29) is 17.9 Å². The van der Waals surface area contributed by atoms with Crippen LogP contribution in [-0.4, -0.2) is 34.9 Å². The molecule has 1 atom stereocenters. The van der Waals surface area contributed by atoms with Gasteiger partial charge >= 0.3 is 0 Å². The number of amides is 1. The average Bonchev–Trinajstić information content (AvgIpc) is 3.52. The molecule has 0 spiro atoms. The molecule has 7 nitrogen and oxygen atoms in total. The molecule has 0 radical (unpaired) electrons. The van der Waals surface area contributed by atoms with Crippen LogP contribution in [0.2, 0.25) is 0 Å². The number of nitrogens with zero attached hydrogens (tertiary/aromatic N) is 1. The number of carbonyl (C=O) groups is 2. The standard InChI is InChI=1S/C30H33NO6/c1-3-5-17-35-23-13-9-21(10-14-23)27-26(29(33)30(34)31(27)20-25-8-7-19-37-25)28(32)22-11-15-24(16-12-22)36-18-6-4-2/h7-16,19,27,32H,3-6,17-18,20H2,1-2H3/t27-/m1/s1. The van der Waals surface area contributed by atoms with Gasteiger partial charge in [-0.15, -0.1) is 0 Å². The molecule has 7 heteroatoms. The number of hydrogen-bond donors (Lipinski definition) is 1. The van der Waals surface area contributed by atoms with Crippen LogP contribution in [0.25, 0.3) is 5.76 Å². The van der Waals surface area contributed by atoms with E-state index in [1.807, 2.05) is 24.3 Å². The van der Waals surface area contributed by atoms with Crippen molar-refractivity contribution in [2.24, 2.45) is 0 Å². The van der Waals surface area contributed by atoms with E-state index in [1.54, 1.807) is 36.4 Å². The fourth-order valence-corrected chi connectivity index (χ4v) is 4.24. The van der Waals surface area contributed by atoms with E-state index < -0.39 is 17.7 Å². The smallest absolute Gasteiger partial charge is 0.296 e. The number of aliphatic hydroxyl groups excluding tert-OH is 1. The van der Waals surface area contributed by atoms with E-state index in [9.17, 15) is 14.7 Å². The fraction of sp³-hybridized carbons (Fsp3) is 0.333. The van der Waals surface area contributed by atoms with Crippen LogP contribution < -0.4 is 9.47 Å². The Bertz CT molecular complexity index is 1210. The molecule has 0 unspecified atom stereocenters. The first-order valence-corrected chi connectivity index (χ1v) is 12.8. The van der Waals surface area contributed by atoms with Crippen molar-refractivity contribution in [2.45, 2.75) is 52.1 Å². The van der Waals surface area contributed by atoms with Crippen molar-refractivity contribution in [2.75, 3.05) is 13.2 Å². The Morgan fingerprint density at radius 3 is 2.03 bits per heavy atom. The number of furan rings is 1. The zero-order chi connectivity index (χ0) is 26.2. The number of ketones is 1. The summed E-state index contributed by atoms with van der Waals surface area (Å²) in [7, 11) is 0. The topological polar surface area (TPSA) is 89.2 Å². The zero-order valence-electron chi connectivity index (χ0n) is 21.3. The van der Waals surface area contributed by atoms with Gasteiger partial charge in [-0.3, -0.25) is 9.59 Å². The SMILES string of the molecule is CCCCOc1ccc(C(O)=C2C(=O)C(=O)N(Cc3ccco3)[C@@H]2c2ccc(OCCCC)cc2)cc1. The molecular formula is C30H33NO6. The van der Waals surface area contributed by atoms with E-state index in [0.717, 1.165) is 25.7 Å². The van der Waals surface area contributed by atoms with Crippen LogP contribution in [0.15, 0.2) is 76.9 Å². The molecule has 2 heterocycles. The molecule has 0 aliphatic carbocycles. The molecule has 194 valence electrons. The number of Topliss-reactive ketones (excluding diaryl/α,β-unsaturated/α-hetero) is 1. The first-order valence-electron chi connectivity index (χ1n) is 12.8. The molecule has 1 saturated heterocycles. The minimum absolute atomic E-state index is 0.0378. The maximum absolute atomic E-state index is 13.2. The normalized spacial score (nSPS) is 16.8. The van der Waals surface area contributed by atoms with Crippen molar-refractivity contribution in [1.82, 2.24) is 4.90 Å². The Morgan fingerprint density at radius 1 is 0.892 bits per heavy atom. The third-order valence-electron chi connectivity index (χ3n) is 6.30. The van der Waals surface area contributed by atoms with E-state index >= 15 is 0 Å². The van der Waals surface area contributed by atoms with Crippen LogP contribution in [-0.2, 0) is 16.1 Å². The number of carbonyl (C=O) groups excluding carboxylic acids is 2. The molecule has 2 aromatic carbocycles. The summed E-state index contributed by atoms with van der Waals surface area (Å²) in [6.07, 6.45) is 5.48. The van der Waals surface area contributed by atoms with Gasteiger partial charge in [-0.2, -0.15) is 0 Å². The molecule has 3 aromatic rings. The average molecular weight is 504 g/mol. The van der Waals surface area contributed by atoms with Crippen LogP contribution in [0.3, 0.4) is 0 Å². The Hall–Kier alpha value is -4.00. The molecule has 1 amide bonds. The van der Waals surface area contributed by atoms with E-state index in [2.05, 4.69) is 13.8 Å². The first kappa shape index (κ1) is 26.1. The quantitative estimate of drug-likeness (QED) is 0.136. The predicted molar refractivity (Wildman–Crippen MR) is 140 cm³/mol.